The Bertz CT molecular complexity index is 330. The average molecular weight is 208 g/mol. The SMILES string of the molecule is OCc1cnccc1N1CCC(CO)C1. The zero-order valence-corrected chi connectivity index (χ0v) is 8.63. The van der Waals surface area contributed by atoms with E-state index in [1.165, 1.54) is 0 Å². The molecule has 1 aromatic rings. The van der Waals surface area contributed by atoms with Gasteiger partial charge in [-0.1, -0.05) is 0 Å². The lowest BCUT2D eigenvalue weighted by atomic mass is 10.1. The molecular weight excluding hydrogens is 192 g/mol. The molecule has 1 fully saturated rings. The molecule has 0 saturated carbocycles. The van der Waals surface area contributed by atoms with Crippen LogP contribution in [0.25, 0.3) is 0 Å². The van der Waals surface area contributed by atoms with Gasteiger partial charge >= 0.3 is 0 Å². The summed E-state index contributed by atoms with van der Waals surface area (Å²) >= 11 is 0. The van der Waals surface area contributed by atoms with Gasteiger partial charge in [-0.25, -0.2) is 0 Å². The lowest BCUT2D eigenvalue weighted by Gasteiger charge is -2.20. The van der Waals surface area contributed by atoms with Crippen molar-refractivity contribution in [1.29, 1.82) is 0 Å². The Kier molecular flexibility index (Phi) is 3.18. The summed E-state index contributed by atoms with van der Waals surface area (Å²) in [4.78, 5) is 6.19. The number of hydrogen-bond donors (Lipinski definition) is 2. The van der Waals surface area contributed by atoms with Crippen molar-refractivity contribution in [3.63, 3.8) is 0 Å². The molecule has 0 aromatic carbocycles. The van der Waals surface area contributed by atoms with E-state index in [0.29, 0.717) is 5.92 Å². The van der Waals surface area contributed by atoms with Crippen LogP contribution in [0.3, 0.4) is 0 Å². The Morgan fingerprint density at radius 2 is 2.33 bits per heavy atom. The highest BCUT2D eigenvalue weighted by molar-refractivity contribution is 5.52. The summed E-state index contributed by atoms with van der Waals surface area (Å²) in [5.74, 6) is 0.365. The second kappa shape index (κ2) is 4.59. The molecule has 2 rings (SSSR count). The van der Waals surface area contributed by atoms with E-state index < -0.39 is 0 Å². The highest BCUT2D eigenvalue weighted by Crippen LogP contribution is 2.26. The van der Waals surface area contributed by atoms with Crippen LogP contribution >= 0.6 is 0 Å². The van der Waals surface area contributed by atoms with Crippen molar-refractivity contribution in [2.75, 3.05) is 24.6 Å². The van der Waals surface area contributed by atoms with Gasteiger partial charge in [0.2, 0.25) is 0 Å². The van der Waals surface area contributed by atoms with Gasteiger partial charge in [-0.3, -0.25) is 4.98 Å². The Balaban J connectivity index is 2.16. The second-order valence-electron chi connectivity index (χ2n) is 3.95. The lowest BCUT2D eigenvalue weighted by Crippen LogP contribution is -2.22. The fraction of sp³-hybridized carbons (Fsp3) is 0.545. The average Bonchev–Trinajstić information content (AvgIpc) is 2.77. The summed E-state index contributed by atoms with van der Waals surface area (Å²) in [6.45, 7) is 2.08. The number of aliphatic hydroxyl groups excluding tert-OH is 2. The summed E-state index contributed by atoms with van der Waals surface area (Å²) < 4.78 is 0. The third kappa shape index (κ3) is 2.11. The molecule has 2 heterocycles. The highest BCUT2D eigenvalue weighted by Gasteiger charge is 2.23. The van der Waals surface area contributed by atoms with Crippen LogP contribution in [-0.2, 0) is 6.61 Å². The molecule has 4 nitrogen and oxygen atoms in total. The molecule has 0 radical (unpaired) electrons. The van der Waals surface area contributed by atoms with Crippen LogP contribution in [0.2, 0.25) is 0 Å². The molecule has 0 aliphatic carbocycles. The minimum atomic E-state index is 0.0173. The Labute approximate surface area is 89.2 Å². The number of nitrogens with zero attached hydrogens (tertiary/aromatic N) is 2. The monoisotopic (exact) mass is 208 g/mol. The molecule has 1 aliphatic heterocycles. The molecule has 1 saturated heterocycles. The van der Waals surface area contributed by atoms with Gasteiger partial charge < -0.3 is 15.1 Å². The van der Waals surface area contributed by atoms with Gasteiger partial charge in [-0.05, 0) is 12.5 Å². The summed E-state index contributed by atoms with van der Waals surface area (Å²) in [6.07, 6.45) is 4.45. The van der Waals surface area contributed by atoms with Crippen LogP contribution in [0.15, 0.2) is 18.5 Å². The first-order valence-corrected chi connectivity index (χ1v) is 5.24. The zero-order chi connectivity index (χ0) is 10.7. The minimum absolute atomic E-state index is 0.0173. The molecule has 15 heavy (non-hydrogen) atoms. The highest BCUT2D eigenvalue weighted by atomic mass is 16.3. The lowest BCUT2D eigenvalue weighted by molar-refractivity contribution is 0.238. The summed E-state index contributed by atoms with van der Waals surface area (Å²) in [5, 5.41) is 18.3. The number of pyridine rings is 1. The minimum Gasteiger partial charge on any atom is -0.396 e. The van der Waals surface area contributed by atoms with E-state index in [4.69, 9.17) is 5.11 Å². The van der Waals surface area contributed by atoms with Crippen molar-refractivity contribution < 1.29 is 10.2 Å². The first-order chi connectivity index (χ1) is 7.35. The van der Waals surface area contributed by atoms with Crippen LogP contribution in [0.1, 0.15) is 12.0 Å². The van der Waals surface area contributed by atoms with Crippen LogP contribution in [0.4, 0.5) is 5.69 Å². The molecule has 4 heteroatoms. The normalized spacial score (nSPS) is 20.9. The summed E-state index contributed by atoms with van der Waals surface area (Å²) in [5.41, 5.74) is 1.90. The van der Waals surface area contributed by atoms with E-state index in [1.807, 2.05) is 6.07 Å². The van der Waals surface area contributed by atoms with Gasteiger partial charge in [0.1, 0.15) is 0 Å². The summed E-state index contributed by atoms with van der Waals surface area (Å²) in [6, 6.07) is 1.92. The molecule has 1 unspecified atom stereocenters. The predicted molar refractivity (Wildman–Crippen MR) is 57.6 cm³/mol. The number of rotatable bonds is 3. The summed E-state index contributed by atoms with van der Waals surface area (Å²) in [7, 11) is 0. The van der Waals surface area contributed by atoms with Gasteiger partial charge in [0, 0.05) is 49.3 Å². The predicted octanol–water partition coefficient (Wildman–Crippen LogP) is 0.392. The van der Waals surface area contributed by atoms with E-state index in [1.54, 1.807) is 12.4 Å². The largest absolute Gasteiger partial charge is 0.396 e. The molecule has 0 bridgehead atoms. The van der Waals surface area contributed by atoms with Gasteiger partial charge in [0.05, 0.1) is 6.61 Å². The van der Waals surface area contributed by atoms with Gasteiger partial charge in [0.15, 0.2) is 0 Å². The topological polar surface area (TPSA) is 56.6 Å². The van der Waals surface area contributed by atoms with Crippen LogP contribution in [0, 0.1) is 5.92 Å². The number of aliphatic hydroxyl groups is 2. The third-order valence-electron chi connectivity index (χ3n) is 2.93. The van der Waals surface area contributed by atoms with Gasteiger partial charge in [-0.2, -0.15) is 0 Å². The molecule has 1 aromatic heterocycles. The van der Waals surface area contributed by atoms with Crippen LogP contribution in [-0.4, -0.2) is 34.9 Å². The molecule has 82 valence electrons. The van der Waals surface area contributed by atoms with E-state index in [9.17, 15) is 5.11 Å². The van der Waals surface area contributed by atoms with Crippen molar-refractivity contribution in [2.24, 2.45) is 5.92 Å². The van der Waals surface area contributed by atoms with Crippen LogP contribution < -0.4 is 4.90 Å². The van der Waals surface area contributed by atoms with Crippen molar-refractivity contribution in [3.05, 3.63) is 24.0 Å². The smallest absolute Gasteiger partial charge is 0.0717 e. The number of aromatic nitrogens is 1. The molecule has 1 atom stereocenters. The van der Waals surface area contributed by atoms with Crippen LogP contribution in [0.5, 0.6) is 0 Å². The maximum Gasteiger partial charge on any atom is 0.0717 e. The van der Waals surface area contributed by atoms with Gasteiger partial charge in [-0.15, -0.1) is 0 Å². The number of hydrogen-bond acceptors (Lipinski definition) is 4. The van der Waals surface area contributed by atoms with Gasteiger partial charge in [0.25, 0.3) is 0 Å². The number of anilines is 1. The molecular formula is C11H16N2O2. The molecule has 0 spiro atoms. The van der Waals surface area contributed by atoms with Crippen molar-refractivity contribution in [3.8, 4) is 0 Å². The van der Waals surface area contributed by atoms with Crippen molar-refractivity contribution in [1.82, 2.24) is 4.98 Å². The molecule has 1 aliphatic rings. The van der Waals surface area contributed by atoms with E-state index in [0.717, 1.165) is 30.8 Å². The van der Waals surface area contributed by atoms with Crippen molar-refractivity contribution in [2.45, 2.75) is 13.0 Å². The van der Waals surface area contributed by atoms with E-state index in [2.05, 4.69) is 9.88 Å². The maximum absolute atomic E-state index is 9.19. The second-order valence-corrected chi connectivity index (χ2v) is 3.95. The first kappa shape index (κ1) is 10.4. The van der Waals surface area contributed by atoms with E-state index >= 15 is 0 Å². The zero-order valence-electron chi connectivity index (χ0n) is 8.63. The molecule has 0 amide bonds. The Morgan fingerprint density at radius 3 is 3.00 bits per heavy atom. The first-order valence-electron chi connectivity index (χ1n) is 5.24. The fourth-order valence-electron chi connectivity index (χ4n) is 2.05. The third-order valence-corrected chi connectivity index (χ3v) is 2.93. The quantitative estimate of drug-likeness (QED) is 0.754. The Hall–Kier alpha value is -1.13. The fourth-order valence-corrected chi connectivity index (χ4v) is 2.05. The Morgan fingerprint density at radius 1 is 1.47 bits per heavy atom. The van der Waals surface area contributed by atoms with Crippen molar-refractivity contribution >= 4 is 5.69 Å². The maximum atomic E-state index is 9.19. The standard InChI is InChI=1S/C11H16N2O2/c14-7-9-2-4-13(6-9)11-1-3-12-5-10(11)8-15/h1,3,5,9,14-15H,2,4,6-8H2. The van der Waals surface area contributed by atoms with E-state index in [-0.39, 0.29) is 13.2 Å². The molecule has 2 N–H and O–H groups in total.